The number of nitrogens with one attached hydrogen (secondary N) is 1. The van der Waals surface area contributed by atoms with Crippen molar-refractivity contribution in [2.24, 2.45) is 4.99 Å². The van der Waals surface area contributed by atoms with Crippen LogP contribution in [0, 0.1) is 0 Å². The number of carboxylic acid groups (broad SMARTS) is 2. The summed E-state index contributed by atoms with van der Waals surface area (Å²) < 4.78 is 0. The monoisotopic (exact) mass is 378 g/mol. The molecule has 1 aliphatic heterocycles. The van der Waals surface area contributed by atoms with Gasteiger partial charge in [0.1, 0.15) is 0 Å². The maximum atomic E-state index is 11.3. The molecule has 2 aromatic carbocycles. The van der Waals surface area contributed by atoms with E-state index in [1.54, 1.807) is 11.8 Å². The number of fused-ring (bicyclic) bond motifs is 1. The third kappa shape index (κ3) is 3.50. The number of thioether (sulfide) groups is 1. The van der Waals surface area contributed by atoms with Crippen LogP contribution in [0.1, 0.15) is 27.1 Å². The second-order valence-electron chi connectivity index (χ2n) is 6.05. The molecule has 0 atom stereocenters. The molecule has 0 amide bonds. The number of aliphatic imine (C=N–C) groups is 1. The van der Waals surface area contributed by atoms with Gasteiger partial charge in [0.25, 0.3) is 0 Å². The van der Waals surface area contributed by atoms with Gasteiger partial charge in [0.15, 0.2) is 0 Å². The van der Waals surface area contributed by atoms with E-state index in [4.69, 9.17) is 0 Å². The number of carboxylic acids is 2. The van der Waals surface area contributed by atoms with Crippen LogP contribution in [0.5, 0.6) is 0 Å². The van der Waals surface area contributed by atoms with Crippen molar-refractivity contribution in [3.8, 4) is 0 Å². The van der Waals surface area contributed by atoms with E-state index in [1.807, 2.05) is 36.4 Å². The largest absolute Gasteiger partial charge is 0.478 e. The lowest BCUT2D eigenvalue weighted by Crippen LogP contribution is -2.12. The van der Waals surface area contributed by atoms with Crippen molar-refractivity contribution in [3.63, 3.8) is 0 Å². The molecule has 0 saturated heterocycles. The van der Waals surface area contributed by atoms with Gasteiger partial charge < -0.3 is 15.5 Å². The van der Waals surface area contributed by atoms with Crippen LogP contribution in [0.2, 0.25) is 0 Å². The van der Waals surface area contributed by atoms with E-state index in [0.29, 0.717) is 12.1 Å². The molecule has 3 N–H and O–H groups in total. The minimum absolute atomic E-state index is 0.100. The quantitative estimate of drug-likeness (QED) is 0.725. The Morgan fingerprint density at radius 3 is 2.41 bits per heavy atom. The maximum absolute atomic E-state index is 11.3. The second-order valence-corrected chi connectivity index (χ2v) is 7.19. The summed E-state index contributed by atoms with van der Waals surface area (Å²) in [5.74, 6) is -2.38. The minimum atomic E-state index is -1.19. The van der Waals surface area contributed by atoms with Crippen LogP contribution in [-0.4, -0.2) is 27.9 Å². The van der Waals surface area contributed by atoms with E-state index in [0.717, 1.165) is 33.0 Å². The Morgan fingerprint density at radius 1 is 1.00 bits per heavy atom. The number of carbonyl (C=O) groups is 2. The van der Waals surface area contributed by atoms with Crippen LogP contribution < -0.4 is 5.32 Å². The Morgan fingerprint density at radius 2 is 1.70 bits per heavy atom. The van der Waals surface area contributed by atoms with Crippen LogP contribution in [0.25, 0.3) is 0 Å². The van der Waals surface area contributed by atoms with E-state index < -0.39 is 11.9 Å². The number of allylic oxidation sites excluding steroid dienone is 3. The van der Waals surface area contributed by atoms with Gasteiger partial charge in [0.05, 0.1) is 22.5 Å². The first-order valence-corrected chi connectivity index (χ1v) is 8.95. The molecule has 1 aliphatic carbocycles. The molecule has 0 spiro atoms. The van der Waals surface area contributed by atoms with Gasteiger partial charge in [-0.2, -0.15) is 0 Å². The topological polar surface area (TPSA) is 99.0 Å². The average Bonchev–Trinajstić information content (AvgIpc) is 2.66. The molecule has 1 heterocycles. The van der Waals surface area contributed by atoms with Crippen molar-refractivity contribution in [1.29, 1.82) is 0 Å². The third-order valence-corrected chi connectivity index (χ3v) is 5.34. The van der Waals surface area contributed by atoms with E-state index in [2.05, 4.69) is 10.3 Å². The predicted octanol–water partition coefficient (Wildman–Crippen LogP) is 4.54. The van der Waals surface area contributed by atoms with E-state index in [9.17, 15) is 19.8 Å². The highest BCUT2D eigenvalue weighted by atomic mass is 32.2. The van der Waals surface area contributed by atoms with Gasteiger partial charge in [-0.25, -0.2) is 9.59 Å². The molecule has 0 bridgehead atoms. The highest BCUT2D eigenvalue weighted by Crippen LogP contribution is 2.42. The van der Waals surface area contributed by atoms with Crippen molar-refractivity contribution in [3.05, 3.63) is 76.3 Å². The standard InChI is InChI=1S/C20H14N2O4S/c23-19(24)11-7-12(20(25)26)9-14(8-11)21-13-5-6-16-18(10-13)27-17-4-2-1-3-15(17)22-16/h1-9,22H,10H2,(H,23,24)(H,25,26)/b21-13+. The first-order chi connectivity index (χ1) is 13.0. The number of benzene rings is 2. The Hall–Kier alpha value is -3.32. The number of hydrogen-bond donors (Lipinski definition) is 3. The van der Waals surface area contributed by atoms with Crippen molar-refractivity contribution in [1.82, 2.24) is 0 Å². The Bertz CT molecular complexity index is 1040. The van der Waals surface area contributed by atoms with Gasteiger partial charge in [0, 0.05) is 27.6 Å². The second kappa shape index (κ2) is 6.77. The van der Waals surface area contributed by atoms with Crippen LogP contribution in [-0.2, 0) is 0 Å². The van der Waals surface area contributed by atoms with Gasteiger partial charge in [-0.05, 0) is 42.5 Å². The van der Waals surface area contributed by atoms with Gasteiger partial charge in [-0.15, -0.1) is 0 Å². The lowest BCUT2D eigenvalue weighted by molar-refractivity contribution is 0.0696. The Balaban J connectivity index is 1.64. The van der Waals surface area contributed by atoms with Gasteiger partial charge in [0.2, 0.25) is 0 Å². The molecule has 6 nitrogen and oxygen atoms in total. The normalized spacial score (nSPS) is 16.5. The molecule has 0 saturated carbocycles. The lowest BCUT2D eigenvalue weighted by atomic mass is 10.1. The first kappa shape index (κ1) is 17.1. The number of nitrogens with zero attached hydrogens (tertiary/aromatic N) is 1. The van der Waals surface area contributed by atoms with Crippen molar-refractivity contribution in [2.45, 2.75) is 11.3 Å². The molecule has 4 rings (SSSR count). The molecule has 27 heavy (non-hydrogen) atoms. The van der Waals surface area contributed by atoms with E-state index >= 15 is 0 Å². The van der Waals surface area contributed by atoms with Crippen LogP contribution in [0.3, 0.4) is 0 Å². The number of hydrogen-bond acceptors (Lipinski definition) is 5. The smallest absolute Gasteiger partial charge is 0.335 e. The molecule has 0 radical (unpaired) electrons. The fraction of sp³-hybridized carbons (Fsp3) is 0.0500. The molecular weight excluding hydrogens is 364 g/mol. The fourth-order valence-electron chi connectivity index (χ4n) is 2.90. The maximum Gasteiger partial charge on any atom is 0.335 e. The summed E-state index contributed by atoms with van der Waals surface area (Å²) in [6.45, 7) is 0. The molecule has 134 valence electrons. The Kier molecular flexibility index (Phi) is 4.29. The highest BCUT2D eigenvalue weighted by Gasteiger charge is 2.21. The zero-order chi connectivity index (χ0) is 19.0. The predicted molar refractivity (Wildman–Crippen MR) is 104 cm³/mol. The van der Waals surface area contributed by atoms with Crippen molar-refractivity contribution in [2.75, 3.05) is 5.32 Å². The average molecular weight is 378 g/mol. The molecule has 0 unspecified atom stereocenters. The summed E-state index contributed by atoms with van der Waals surface area (Å²) in [7, 11) is 0. The van der Waals surface area contributed by atoms with Crippen LogP contribution in [0.4, 0.5) is 11.4 Å². The minimum Gasteiger partial charge on any atom is -0.478 e. The van der Waals surface area contributed by atoms with Crippen LogP contribution in [0.15, 0.2) is 75.1 Å². The summed E-state index contributed by atoms with van der Waals surface area (Å²) >= 11 is 1.67. The van der Waals surface area contributed by atoms with Gasteiger partial charge in [-0.3, -0.25) is 4.99 Å². The van der Waals surface area contributed by atoms with Crippen molar-refractivity contribution >= 4 is 40.8 Å². The number of anilines is 1. The molecule has 0 aromatic heterocycles. The molecular formula is C20H14N2O4S. The number of aromatic carboxylic acids is 2. The highest BCUT2D eigenvalue weighted by molar-refractivity contribution is 8.03. The summed E-state index contributed by atoms with van der Waals surface area (Å²) in [5.41, 5.74) is 2.93. The zero-order valence-electron chi connectivity index (χ0n) is 14.0. The fourth-order valence-corrected chi connectivity index (χ4v) is 3.99. The summed E-state index contributed by atoms with van der Waals surface area (Å²) in [6.07, 6.45) is 4.37. The van der Waals surface area contributed by atoms with Crippen LogP contribution >= 0.6 is 11.8 Å². The zero-order valence-corrected chi connectivity index (χ0v) is 14.8. The Labute approximate surface area is 158 Å². The lowest BCUT2D eigenvalue weighted by Gasteiger charge is -2.25. The SMILES string of the molecule is O=C(O)c1cc(/N=C2\C=CC3=C(C2)Sc2ccccc2N3)cc(C(=O)O)c1. The number of para-hydroxylation sites is 1. The molecule has 0 fully saturated rings. The first-order valence-electron chi connectivity index (χ1n) is 8.14. The molecule has 2 aromatic rings. The third-order valence-electron chi connectivity index (χ3n) is 4.16. The molecule has 2 aliphatic rings. The van der Waals surface area contributed by atoms with Crippen molar-refractivity contribution < 1.29 is 19.8 Å². The van der Waals surface area contributed by atoms with E-state index in [-0.39, 0.29) is 11.1 Å². The summed E-state index contributed by atoms with van der Waals surface area (Å²) in [5, 5.41) is 21.8. The molecule has 7 heteroatoms. The van der Waals surface area contributed by atoms with Gasteiger partial charge in [-0.1, -0.05) is 23.9 Å². The van der Waals surface area contributed by atoms with Gasteiger partial charge >= 0.3 is 11.9 Å². The summed E-state index contributed by atoms with van der Waals surface area (Å²) in [6, 6.07) is 11.9. The van der Waals surface area contributed by atoms with E-state index in [1.165, 1.54) is 12.1 Å². The number of rotatable bonds is 3. The summed E-state index contributed by atoms with van der Waals surface area (Å²) in [4.78, 5) is 29.2.